The fraction of sp³-hybridized carbons (Fsp3) is 0.952. The molecule has 0 bridgehead atoms. The quantitative estimate of drug-likeness (QED) is 0.194. The lowest BCUT2D eigenvalue weighted by atomic mass is 10.0. The molecule has 0 aliphatic heterocycles. The van der Waals surface area contributed by atoms with Crippen LogP contribution in [0.3, 0.4) is 0 Å². The summed E-state index contributed by atoms with van der Waals surface area (Å²) in [5.41, 5.74) is 0. The standard InChI is InChI=1S/C21H43NO3S/c1-3-4-5-6-7-8-9-10-11-12-13-14-15-16-17-25-19-20(18-24-2)22-21(23)26/h20H,3-19H2,1-2H3,(H2,22,23,26). The molecule has 5 heteroatoms. The molecule has 4 nitrogen and oxygen atoms in total. The minimum Gasteiger partial charge on any atom is -0.382 e. The minimum absolute atomic E-state index is 0.114. The zero-order valence-electron chi connectivity index (χ0n) is 17.3. The van der Waals surface area contributed by atoms with Crippen LogP contribution in [0.2, 0.25) is 0 Å². The summed E-state index contributed by atoms with van der Waals surface area (Å²) in [7, 11) is 1.62. The highest BCUT2D eigenvalue weighted by Crippen LogP contribution is 2.12. The van der Waals surface area contributed by atoms with Crippen LogP contribution in [0.4, 0.5) is 4.79 Å². The highest BCUT2D eigenvalue weighted by Gasteiger charge is 2.09. The SMILES string of the molecule is CCCCCCCCCCCCCCCCOCC(COC)NC(=O)S. The van der Waals surface area contributed by atoms with E-state index >= 15 is 0 Å². The molecule has 0 aromatic heterocycles. The average Bonchev–Trinajstić information content (AvgIpc) is 2.61. The number of amides is 1. The molecule has 1 amide bonds. The maximum Gasteiger partial charge on any atom is 0.276 e. The number of methoxy groups -OCH3 is 1. The van der Waals surface area contributed by atoms with Gasteiger partial charge in [-0.05, 0) is 6.42 Å². The van der Waals surface area contributed by atoms with Crippen molar-refractivity contribution in [1.29, 1.82) is 0 Å². The highest BCUT2D eigenvalue weighted by molar-refractivity contribution is 7.96. The molecular formula is C21H43NO3S. The summed E-state index contributed by atoms with van der Waals surface area (Å²) >= 11 is 3.72. The molecule has 26 heavy (non-hydrogen) atoms. The van der Waals surface area contributed by atoms with Gasteiger partial charge in [-0.3, -0.25) is 4.79 Å². The number of carbonyl (C=O) groups excluding carboxylic acids is 1. The molecule has 1 unspecified atom stereocenters. The first-order valence-electron chi connectivity index (χ1n) is 10.8. The van der Waals surface area contributed by atoms with Crippen LogP contribution in [0.5, 0.6) is 0 Å². The van der Waals surface area contributed by atoms with E-state index in [1.165, 1.54) is 83.5 Å². The molecule has 1 N–H and O–H groups in total. The van der Waals surface area contributed by atoms with Gasteiger partial charge in [0.15, 0.2) is 0 Å². The van der Waals surface area contributed by atoms with Gasteiger partial charge in [-0.15, -0.1) is 0 Å². The Morgan fingerprint density at radius 1 is 0.808 bits per heavy atom. The van der Waals surface area contributed by atoms with Gasteiger partial charge in [0, 0.05) is 13.7 Å². The van der Waals surface area contributed by atoms with E-state index in [1.807, 2.05) is 0 Å². The second kappa shape index (κ2) is 21.0. The number of carbonyl (C=O) groups is 1. The van der Waals surface area contributed by atoms with Crippen LogP contribution in [0.25, 0.3) is 0 Å². The van der Waals surface area contributed by atoms with E-state index in [2.05, 4.69) is 24.9 Å². The molecule has 0 rings (SSSR count). The molecule has 0 saturated carbocycles. The predicted molar refractivity (Wildman–Crippen MR) is 114 cm³/mol. The molecule has 1 atom stereocenters. The van der Waals surface area contributed by atoms with Crippen molar-refractivity contribution in [2.75, 3.05) is 26.9 Å². The Labute approximate surface area is 167 Å². The lowest BCUT2D eigenvalue weighted by molar-refractivity contribution is 0.0764. The third-order valence-electron chi connectivity index (χ3n) is 4.66. The van der Waals surface area contributed by atoms with E-state index in [-0.39, 0.29) is 11.3 Å². The Bertz CT molecular complexity index is 303. The van der Waals surface area contributed by atoms with Gasteiger partial charge < -0.3 is 14.8 Å². The van der Waals surface area contributed by atoms with Crippen LogP contribution in [-0.4, -0.2) is 38.2 Å². The number of hydrogen-bond donors (Lipinski definition) is 2. The zero-order valence-corrected chi connectivity index (χ0v) is 18.2. The fourth-order valence-corrected chi connectivity index (χ4v) is 3.31. The third-order valence-corrected chi connectivity index (χ3v) is 4.79. The van der Waals surface area contributed by atoms with Crippen molar-refractivity contribution in [3.05, 3.63) is 0 Å². The summed E-state index contributed by atoms with van der Waals surface area (Å²) in [5.74, 6) is 0. The van der Waals surface area contributed by atoms with E-state index in [1.54, 1.807) is 7.11 Å². The summed E-state index contributed by atoms with van der Waals surface area (Å²) in [5, 5.41) is 2.37. The van der Waals surface area contributed by atoms with E-state index in [9.17, 15) is 4.79 Å². The molecule has 0 heterocycles. The monoisotopic (exact) mass is 389 g/mol. The van der Waals surface area contributed by atoms with Crippen LogP contribution >= 0.6 is 12.6 Å². The Morgan fingerprint density at radius 2 is 1.27 bits per heavy atom. The van der Waals surface area contributed by atoms with Crippen LogP contribution in [-0.2, 0) is 9.47 Å². The normalized spacial score (nSPS) is 12.3. The Morgan fingerprint density at radius 3 is 1.69 bits per heavy atom. The van der Waals surface area contributed by atoms with E-state index in [4.69, 9.17) is 9.47 Å². The van der Waals surface area contributed by atoms with Gasteiger partial charge in [0.1, 0.15) is 0 Å². The largest absolute Gasteiger partial charge is 0.382 e. The van der Waals surface area contributed by atoms with Gasteiger partial charge in [-0.25, -0.2) is 0 Å². The van der Waals surface area contributed by atoms with Crippen LogP contribution in [0, 0.1) is 0 Å². The van der Waals surface area contributed by atoms with Crippen molar-refractivity contribution in [2.45, 2.75) is 103 Å². The molecule has 0 radical (unpaired) electrons. The molecule has 0 aliphatic rings. The Kier molecular flexibility index (Phi) is 20.8. The van der Waals surface area contributed by atoms with Crippen molar-refractivity contribution in [1.82, 2.24) is 5.32 Å². The Hall–Kier alpha value is -0.260. The van der Waals surface area contributed by atoms with E-state index in [0.717, 1.165) is 13.0 Å². The van der Waals surface area contributed by atoms with Gasteiger partial charge in [-0.1, -0.05) is 103 Å². The number of rotatable bonds is 20. The summed E-state index contributed by atoms with van der Waals surface area (Å²) in [6, 6.07) is -0.114. The topological polar surface area (TPSA) is 47.6 Å². The number of unbranched alkanes of at least 4 members (excludes halogenated alkanes) is 13. The molecule has 0 aromatic carbocycles. The van der Waals surface area contributed by atoms with E-state index in [0.29, 0.717) is 13.2 Å². The highest BCUT2D eigenvalue weighted by atomic mass is 32.1. The smallest absolute Gasteiger partial charge is 0.276 e. The van der Waals surface area contributed by atoms with Crippen molar-refractivity contribution in [2.24, 2.45) is 0 Å². The van der Waals surface area contributed by atoms with Crippen molar-refractivity contribution >= 4 is 17.9 Å². The number of ether oxygens (including phenoxy) is 2. The summed E-state index contributed by atoms with van der Waals surface area (Å²) in [4.78, 5) is 10.9. The van der Waals surface area contributed by atoms with Crippen LogP contribution in [0.15, 0.2) is 0 Å². The molecule has 0 spiro atoms. The van der Waals surface area contributed by atoms with Gasteiger partial charge in [0.2, 0.25) is 0 Å². The second-order valence-corrected chi connectivity index (χ2v) is 7.68. The number of nitrogens with one attached hydrogen (secondary N) is 1. The predicted octanol–water partition coefficient (Wildman–Crippen LogP) is 6.14. The maximum atomic E-state index is 10.9. The minimum atomic E-state index is -0.341. The summed E-state index contributed by atoms with van der Waals surface area (Å²) < 4.78 is 10.7. The average molecular weight is 390 g/mol. The number of thiol groups is 1. The van der Waals surface area contributed by atoms with Crippen molar-refractivity contribution in [3.63, 3.8) is 0 Å². The van der Waals surface area contributed by atoms with Crippen molar-refractivity contribution < 1.29 is 14.3 Å². The lowest BCUT2D eigenvalue weighted by Gasteiger charge is -2.16. The number of hydrogen-bond acceptors (Lipinski definition) is 3. The maximum absolute atomic E-state index is 10.9. The Balaban J connectivity index is 3.22. The molecule has 0 aromatic rings. The molecule has 0 aliphatic carbocycles. The molecule has 0 fully saturated rings. The molecule has 156 valence electrons. The van der Waals surface area contributed by atoms with Crippen molar-refractivity contribution in [3.8, 4) is 0 Å². The summed E-state index contributed by atoms with van der Waals surface area (Å²) in [6.45, 7) is 3.96. The van der Waals surface area contributed by atoms with Gasteiger partial charge in [0.05, 0.1) is 19.3 Å². The van der Waals surface area contributed by atoms with Gasteiger partial charge in [0.25, 0.3) is 5.24 Å². The first kappa shape index (κ1) is 25.7. The zero-order chi connectivity index (χ0) is 19.3. The molecule has 0 saturated heterocycles. The summed E-state index contributed by atoms with van der Waals surface area (Å²) in [6.07, 6.45) is 19.0. The van der Waals surface area contributed by atoms with E-state index < -0.39 is 0 Å². The fourth-order valence-electron chi connectivity index (χ4n) is 3.13. The third kappa shape index (κ3) is 20.1. The van der Waals surface area contributed by atoms with Gasteiger partial charge >= 0.3 is 0 Å². The molecular weight excluding hydrogens is 346 g/mol. The first-order valence-corrected chi connectivity index (χ1v) is 11.2. The van der Waals surface area contributed by atoms with Gasteiger partial charge in [-0.2, -0.15) is 0 Å². The van der Waals surface area contributed by atoms with Crippen LogP contribution < -0.4 is 5.32 Å². The first-order chi connectivity index (χ1) is 12.7. The second-order valence-electron chi connectivity index (χ2n) is 7.27. The lowest BCUT2D eigenvalue weighted by Crippen LogP contribution is -2.39. The van der Waals surface area contributed by atoms with Crippen LogP contribution in [0.1, 0.15) is 96.8 Å².